The number of carbonyl (C=O) groups is 1. The van der Waals surface area contributed by atoms with Gasteiger partial charge in [0, 0.05) is 12.1 Å². The van der Waals surface area contributed by atoms with Gasteiger partial charge in [-0.1, -0.05) is 6.07 Å². The second kappa shape index (κ2) is 3.57. The van der Waals surface area contributed by atoms with Gasteiger partial charge in [0.05, 0.1) is 18.1 Å². The van der Waals surface area contributed by atoms with Crippen LogP contribution in [0.5, 0.6) is 0 Å². The van der Waals surface area contributed by atoms with Gasteiger partial charge in [-0.05, 0) is 12.1 Å². The van der Waals surface area contributed by atoms with Gasteiger partial charge in [-0.3, -0.25) is 0 Å². The van der Waals surface area contributed by atoms with Crippen molar-refractivity contribution in [3.63, 3.8) is 0 Å². The summed E-state index contributed by atoms with van der Waals surface area (Å²) in [4.78, 5) is 11.4. The predicted molar refractivity (Wildman–Crippen MR) is 54.2 cm³/mol. The van der Waals surface area contributed by atoms with Crippen molar-refractivity contribution < 1.29 is 14.3 Å². The number of aromatic nitrogens is 1. The first-order valence-corrected chi connectivity index (χ1v) is 4.43. The van der Waals surface area contributed by atoms with Crippen LogP contribution in [0.2, 0.25) is 0 Å². The van der Waals surface area contributed by atoms with Crippen molar-refractivity contribution in [2.24, 2.45) is 0 Å². The molecule has 1 aromatic heterocycles. The van der Waals surface area contributed by atoms with Gasteiger partial charge in [-0.25, -0.2) is 4.79 Å². The van der Waals surface area contributed by atoms with Crippen LogP contribution in [0.1, 0.15) is 10.4 Å². The number of hydrogen-bond acceptors (Lipinski definition) is 3. The van der Waals surface area contributed by atoms with E-state index in [2.05, 4.69) is 4.74 Å². The minimum absolute atomic E-state index is 0.403. The third-order valence-corrected chi connectivity index (χ3v) is 2.21. The van der Waals surface area contributed by atoms with E-state index in [0.29, 0.717) is 16.5 Å². The number of rotatable bonds is 1. The molecule has 0 bridgehead atoms. The zero-order valence-electron chi connectivity index (χ0n) is 8.14. The summed E-state index contributed by atoms with van der Waals surface area (Å²) in [5, 5.41) is 12.0. The first kappa shape index (κ1) is 9.45. The SMILES string of the molecule is COC(=O)c1cccc2c1ccc[n+]2[O-]. The highest BCUT2D eigenvalue weighted by Gasteiger charge is 2.13. The van der Waals surface area contributed by atoms with E-state index in [9.17, 15) is 10.0 Å². The van der Waals surface area contributed by atoms with E-state index in [1.54, 1.807) is 30.3 Å². The first-order chi connectivity index (χ1) is 7.24. The highest BCUT2D eigenvalue weighted by atomic mass is 16.5. The molecule has 0 aliphatic rings. The van der Waals surface area contributed by atoms with Crippen molar-refractivity contribution in [1.29, 1.82) is 0 Å². The number of pyridine rings is 1. The third-order valence-electron chi connectivity index (χ3n) is 2.21. The number of esters is 1. The number of hydrogen-bond donors (Lipinski definition) is 0. The lowest BCUT2D eigenvalue weighted by atomic mass is 10.1. The van der Waals surface area contributed by atoms with Crippen molar-refractivity contribution in [2.45, 2.75) is 0 Å². The van der Waals surface area contributed by atoms with E-state index in [1.165, 1.54) is 13.3 Å². The van der Waals surface area contributed by atoms with Crippen LogP contribution in [0, 0.1) is 5.21 Å². The molecule has 0 aliphatic carbocycles. The average Bonchev–Trinajstić information content (AvgIpc) is 2.28. The summed E-state index contributed by atoms with van der Waals surface area (Å²) in [6, 6.07) is 8.27. The van der Waals surface area contributed by atoms with Crippen LogP contribution in [0.25, 0.3) is 10.9 Å². The van der Waals surface area contributed by atoms with Crippen LogP contribution in [0.3, 0.4) is 0 Å². The largest absolute Gasteiger partial charge is 0.618 e. The highest BCUT2D eigenvalue weighted by Crippen LogP contribution is 2.15. The fourth-order valence-corrected chi connectivity index (χ4v) is 1.51. The van der Waals surface area contributed by atoms with Crippen molar-refractivity contribution in [2.75, 3.05) is 7.11 Å². The molecule has 1 aromatic carbocycles. The van der Waals surface area contributed by atoms with Gasteiger partial charge in [0.15, 0.2) is 6.20 Å². The number of fused-ring (bicyclic) bond motifs is 1. The normalized spacial score (nSPS) is 10.2. The maximum atomic E-state index is 11.4. The molecule has 0 saturated heterocycles. The minimum atomic E-state index is -0.438. The maximum Gasteiger partial charge on any atom is 0.338 e. The quantitative estimate of drug-likeness (QED) is 0.398. The Bertz CT molecular complexity index is 522. The zero-order valence-corrected chi connectivity index (χ0v) is 8.14. The molecular weight excluding hydrogens is 194 g/mol. The topological polar surface area (TPSA) is 53.2 Å². The fourth-order valence-electron chi connectivity index (χ4n) is 1.51. The van der Waals surface area contributed by atoms with Crippen LogP contribution < -0.4 is 4.73 Å². The molecule has 0 fully saturated rings. The number of ether oxygens (including phenoxy) is 1. The monoisotopic (exact) mass is 203 g/mol. The standard InChI is InChI=1S/C11H9NO3/c1-15-11(13)9-4-2-6-10-8(9)5-3-7-12(10)14/h2-7H,1H3. The second-order valence-electron chi connectivity index (χ2n) is 3.06. The Hall–Kier alpha value is -2.10. The molecule has 15 heavy (non-hydrogen) atoms. The number of carbonyl (C=O) groups excluding carboxylic acids is 1. The molecule has 2 aromatic rings. The van der Waals surface area contributed by atoms with Crippen LogP contribution >= 0.6 is 0 Å². The summed E-state index contributed by atoms with van der Waals surface area (Å²) in [6.45, 7) is 0. The van der Waals surface area contributed by atoms with E-state index >= 15 is 0 Å². The first-order valence-electron chi connectivity index (χ1n) is 4.43. The highest BCUT2D eigenvalue weighted by molar-refractivity contribution is 6.02. The van der Waals surface area contributed by atoms with E-state index in [4.69, 9.17) is 0 Å². The molecule has 1 heterocycles. The zero-order chi connectivity index (χ0) is 10.8. The Morgan fingerprint density at radius 1 is 1.33 bits per heavy atom. The van der Waals surface area contributed by atoms with Gasteiger partial charge in [-0.15, -0.1) is 0 Å². The second-order valence-corrected chi connectivity index (χ2v) is 3.06. The van der Waals surface area contributed by atoms with Gasteiger partial charge in [0.1, 0.15) is 0 Å². The van der Waals surface area contributed by atoms with Crippen LogP contribution in [0.4, 0.5) is 0 Å². The van der Waals surface area contributed by atoms with E-state index in [-0.39, 0.29) is 0 Å². The number of methoxy groups -OCH3 is 1. The lowest BCUT2D eigenvalue weighted by molar-refractivity contribution is -0.577. The summed E-state index contributed by atoms with van der Waals surface area (Å²) in [6.07, 6.45) is 1.39. The summed E-state index contributed by atoms with van der Waals surface area (Å²) in [5.74, 6) is -0.438. The molecule has 0 spiro atoms. The molecule has 0 saturated carbocycles. The molecular formula is C11H9NO3. The van der Waals surface area contributed by atoms with Crippen molar-refractivity contribution in [3.8, 4) is 0 Å². The van der Waals surface area contributed by atoms with Gasteiger partial charge in [0.2, 0.25) is 5.52 Å². The Labute approximate surface area is 86.3 Å². The smallest absolute Gasteiger partial charge is 0.338 e. The molecule has 4 nitrogen and oxygen atoms in total. The van der Waals surface area contributed by atoms with Crippen LogP contribution in [-0.2, 0) is 4.74 Å². The Morgan fingerprint density at radius 2 is 2.13 bits per heavy atom. The van der Waals surface area contributed by atoms with Crippen LogP contribution in [-0.4, -0.2) is 13.1 Å². The molecule has 0 unspecified atom stereocenters. The Balaban J connectivity index is 2.77. The number of benzene rings is 1. The maximum absolute atomic E-state index is 11.4. The van der Waals surface area contributed by atoms with Crippen molar-refractivity contribution in [3.05, 3.63) is 47.3 Å². The molecule has 0 amide bonds. The summed E-state index contributed by atoms with van der Waals surface area (Å²) >= 11 is 0. The van der Waals surface area contributed by atoms with Gasteiger partial charge in [-0.2, -0.15) is 4.73 Å². The third kappa shape index (κ3) is 1.50. The van der Waals surface area contributed by atoms with Gasteiger partial charge < -0.3 is 9.94 Å². The molecule has 4 heteroatoms. The lowest BCUT2D eigenvalue weighted by Crippen LogP contribution is -2.26. The lowest BCUT2D eigenvalue weighted by Gasteiger charge is -2.04. The molecule has 0 atom stereocenters. The predicted octanol–water partition coefficient (Wildman–Crippen LogP) is 1.26. The molecule has 0 aliphatic heterocycles. The van der Waals surface area contributed by atoms with Gasteiger partial charge >= 0.3 is 5.97 Å². The summed E-state index contributed by atoms with van der Waals surface area (Å²) in [5.41, 5.74) is 0.862. The summed E-state index contributed by atoms with van der Waals surface area (Å²) in [7, 11) is 1.31. The van der Waals surface area contributed by atoms with E-state index in [0.717, 1.165) is 4.73 Å². The van der Waals surface area contributed by atoms with Crippen LogP contribution in [0.15, 0.2) is 36.5 Å². The minimum Gasteiger partial charge on any atom is -0.618 e. The molecule has 0 N–H and O–H groups in total. The molecule has 0 radical (unpaired) electrons. The average molecular weight is 203 g/mol. The van der Waals surface area contributed by atoms with Gasteiger partial charge in [0.25, 0.3) is 0 Å². The number of nitrogens with zero attached hydrogens (tertiary/aromatic N) is 1. The van der Waals surface area contributed by atoms with E-state index in [1.807, 2.05) is 0 Å². The molecule has 76 valence electrons. The fraction of sp³-hybridized carbons (Fsp3) is 0.0909. The molecule has 2 rings (SSSR count). The Morgan fingerprint density at radius 3 is 2.87 bits per heavy atom. The Kier molecular flexibility index (Phi) is 2.25. The van der Waals surface area contributed by atoms with E-state index < -0.39 is 5.97 Å². The van der Waals surface area contributed by atoms with Crippen molar-refractivity contribution in [1.82, 2.24) is 0 Å². The summed E-state index contributed by atoms with van der Waals surface area (Å²) < 4.78 is 5.36. The van der Waals surface area contributed by atoms with Crippen molar-refractivity contribution >= 4 is 16.9 Å².